The molecule has 1 aromatic carbocycles. The van der Waals surface area contributed by atoms with Crippen LogP contribution in [0.25, 0.3) is 11.0 Å². The Bertz CT molecular complexity index is 616. The van der Waals surface area contributed by atoms with E-state index in [2.05, 4.69) is 13.8 Å². The summed E-state index contributed by atoms with van der Waals surface area (Å²) in [4.78, 5) is 0. The normalized spacial score (nSPS) is 26.0. The van der Waals surface area contributed by atoms with Crippen molar-refractivity contribution in [2.24, 2.45) is 17.1 Å². The molecule has 2 nitrogen and oxygen atoms in total. The highest BCUT2D eigenvalue weighted by Crippen LogP contribution is 2.47. The lowest BCUT2D eigenvalue weighted by Gasteiger charge is -2.39. The van der Waals surface area contributed by atoms with Gasteiger partial charge in [-0.3, -0.25) is 0 Å². The van der Waals surface area contributed by atoms with Crippen LogP contribution in [-0.2, 0) is 0 Å². The van der Waals surface area contributed by atoms with E-state index in [-0.39, 0.29) is 5.82 Å². The lowest BCUT2D eigenvalue weighted by molar-refractivity contribution is 0.153. The van der Waals surface area contributed by atoms with Crippen LogP contribution >= 0.6 is 0 Å². The van der Waals surface area contributed by atoms with Crippen molar-refractivity contribution in [2.75, 3.05) is 6.54 Å². The van der Waals surface area contributed by atoms with Gasteiger partial charge in [-0.05, 0) is 49.3 Å². The lowest BCUT2D eigenvalue weighted by atomic mass is 9.66. The Balaban J connectivity index is 2.01. The van der Waals surface area contributed by atoms with Gasteiger partial charge in [0, 0.05) is 11.3 Å². The van der Waals surface area contributed by atoms with Gasteiger partial charge in [0.1, 0.15) is 5.76 Å². The molecule has 3 heteroatoms. The zero-order valence-corrected chi connectivity index (χ0v) is 12.2. The molecule has 2 aromatic rings. The zero-order valence-electron chi connectivity index (χ0n) is 12.2. The first-order chi connectivity index (χ1) is 9.50. The van der Waals surface area contributed by atoms with Gasteiger partial charge < -0.3 is 10.2 Å². The number of hydrogen-bond acceptors (Lipinski definition) is 2. The van der Waals surface area contributed by atoms with Crippen molar-refractivity contribution in [1.82, 2.24) is 0 Å². The molecular weight excluding hydrogens is 253 g/mol. The molecule has 3 rings (SSSR count). The Morgan fingerprint density at radius 3 is 2.90 bits per heavy atom. The van der Waals surface area contributed by atoms with Crippen LogP contribution in [0.15, 0.2) is 28.7 Å². The Hall–Kier alpha value is -1.35. The van der Waals surface area contributed by atoms with E-state index < -0.39 is 0 Å². The van der Waals surface area contributed by atoms with Crippen LogP contribution in [0.1, 0.15) is 44.8 Å². The molecule has 0 aliphatic heterocycles. The van der Waals surface area contributed by atoms with Crippen LogP contribution in [0, 0.1) is 17.2 Å². The van der Waals surface area contributed by atoms with Crippen LogP contribution in [-0.4, -0.2) is 6.54 Å². The van der Waals surface area contributed by atoms with E-state index in [0.717, 1.165) is 24.0 Å². The summed E-state index contributed by atoms with van der Waals surface area (Å²) in [5.41, 5.74) is 6.60. The van der Waals surface area contributed by atoms with Crippen LogP contribution in [0.5, 0.6) is 0 Å². The predicted octanol–water partition coefficient (Wildman–Crippen LogP) is 4.44. The highest BCUT2D eigenvalue weighted by atomic mass is 19.1. The van der Waals surface area contributed by atoms with Gasteiger partial charge in [0.2, 0.25) is 0 Å². The summed E-state index contributed by atoms with van der Waals surface area (Å²) in [7, 11) is 0. The highest BCUT2D eigenvalue weighted by molar-refractivity contribution is 5.78. The highest BCUT2D eigenvalue weighted by Gasteiger charge is 2.36. The van der Waals surface area contributed by atoms with Gasteiger partial charge in [-0.15, -0.1) is 0 Å². The number of nitrogens with two attached hydrogens (primary N) is 1. The third-order valence-electron chi connectivity index (χ3n) is 4.72. The molecule has 108 valence electrons. The Labute approximate surface area is 119 Å². The Morgan fingerprint density at radius 1 is 1.40 bits per heavy atom. The maximum absolute atomic E-state index is 13.8. The zero-order chi connectivity index (χ0) is 14.3. The van der Waals surface area contributed by atoms with Gasteiger partial charge in [-0.2, -0.15) is 0 Å². The molecule has 0 saturated heterocycles. The van der Waals surface area contributed by atoms with E-state index >= 15 is 0 Å². The van der Waals surface area contributed by atoms with Gasteiger partial charge in [0.25, 0.3) is 0 Å². The molecule has 2 atom stereocenters. The van der Waals surface area contributed by atoms with E-state index in [9.17, 15) is 4.39 Å². The fourth-order valence-electron chi connectivity index (χ4n) is 3.49. The molecule has 1 aliphatic carbocycles. The van der Waals surface area contributed by atoms with Crippen LogP contribution < -0.4 is 5.73 Å². The van der Waals surface area contributed by atoms with Crippen molar-refractivity contribution in [1.29, 1.82) is 0 Å². The lowest BCUT2D eigenvalue weighted by Crippen LogP contribution is -2.32. The summed E-state index contributed by atoms with van der Waals surface area (Å²) in [5, 5.41) is 0.846. The molecule has 0 radical (unpaired) electrons. The van der Waals surface area contributed by atoms with Crippen molar-refractivity contribution in [3.63, 3.8) is 0 Å². The van der Waals surface area contributed by atoms with Crippen molar-refractivity contribution >= 4 is 11.0 Å². The van der Waals surface area contributed by atoms with Crippen LogP contribution in [0.3, 0.4) is 0 Å². The molecule has 1 fully saturated rings. The number of hydrogen-bond donors (Lipinski definition) is 1. The standard InChI is InChI=1S/C17H22FNO/c1-17(2)7-6-12(10-19)13(9-17)15-8-11-4-3-5-14(18)16(11)20-15/h3-5,8,12-13H,6-7,9-10,19H2,1-2H3. The van der Waals surface area contributed by atoms with Gasteiger partial charge in [-0.25, -0.2) is 4.39 Å². The second-order valence-corrected chi connectivity index (χ2v) is 6.82. The third-order valence-corrected chi connectivity index (χ3v) is 4.72. The number of fused-ring (bicyclic) bond motifs is 1. The van der Waals surface area contributed by atoms with E-state index in [1.165, 1.54) is 12.5 Å². The van der Waals surface area contributed by atoms with Gasteiger partial charge in [-0.1, -0.05) is 26.0 Å². The molecule has 20 heavy (non-hydrogen) atoms. The molecule has 1 aliphatic rings. The number of rotatable bonds is 2. The molecule has 2 unspecified atom stereocenters. The summed E-state index contributed by atoms with van der Waals surface area (Å²) in [6, 6.07) is 7.06. The molecule has 2 N–H and O–H groups in total. The first-order valence-electron chi connectivity index (χ1n) is 7.38. The molecule has 1 heterocycles. The number of para-hydroxylation sites is 1. The average molecular weight is 275 g/mol. The first-order valence-corrected chi connectivity index (χ1v) is 7.38. The minimum atomic E-state index is -0.284. The van der Waals surface area contributed by atoms with Crippen molar-refractivity contribution in [3.8, 4) is 0 Å². The number of benzene rings is 1. The maximum atomic E-state index is 13.8. The van der Waals surface area contributed by atoms with Crippen molar-refractivity contribution in [3.05, 3.63) is 35.8 Å². The number of halogens is 1. The van der Waals surface area contributed by atoms with Crippen molar-refractivity contribution < 1.29 is 8.81 Å². The second-order valence-electron chi connectivity index (χ2n) is 6.82. The van der Waals surface area contributed by atoms with Crippen LogP contribution in [0.4, 0.5) is 4.39 Å². The van der Waals surface area contributed by atoms with E-state index in [0.29, 0.717) is 29.4 Å². The smallest absolute Gasteiger partial charge is 0.169 e. The monoisotopic (exact) mass is 275 g/mol. The quantitative estimate of drug-likeness (QED) is 0.880. The molecule has 1 saturated carbocycles. The summed E-state index contributed by atoms with van der Waals surface area (Å²) in [5.74, 6) is 1.35. The molecule has 0 bridgehead atoms. The molecule has 0 spiro atoms. The fourth-order valence-corrected chi connectivity index (χ4v) is 3.49. The van der Waals surface area contributed by atoms with E-state index in [4.69, 9.17) is 10.2 Å². The summed E-state index contributed by atoms with van der Waals surface area (Å²) < 4.78 is 19.6. The molecule has 1 aromatic heterocycles. The van der Waals surface area contributed by atoms with Gasteiger partial charge in [0.15, 0.2) is 11.4 Å². The maximum Gasteiger partial charge on any atom is 0.169 e. The van der Waals surface area contributed by atoms with Crippen molar-refractivity contribution in [2.45, 2.75) is 39.0 Å². The van der Waals surface area contributed by atoms with Gasteiger partial charge >= 0.3 is 0 Å². The minimum absolute atomic E-state index is 0.284. The second kappa shape index (κ2) is 4.88. The topological polar surface area (TPSA) is 39.2 Å². The Kier molecular flexibility index (Phi) is 3.33. The predicted molar refractivity (Wildman–Crippen MR) is 79.1 cm³/mol. The Morgan fingerprint density at radius 2 is 2.20 bits per heavy atom. The van der Waals surface area contributed by atoms with E-state index in [1.54, 1.807) is 6.07 Å². The average Bonchev–Trinajstić information content (AvgIpc) is 2.83. The van der Waals surface area contributed by atoms with Crippen LogP contribution in [0.2, 0.25) is 0 Å². The molecular formula is C17H22FNO. The summed E-state index contributed by atoms with van der Waals surface area (Å²) in [6.07, 6.45) is 3.37. The molecule has 0 amide bonds. The summed E-state index contributed by atoms with van der Waals surface area (Å²) >= 11 is 0. The fraction of sp³-hybridized carbons (Fsp3) is 0.529. The van der Waals surface area contributed by atoms with E-state index in [1.807, 2.05) is 12.1 Å². The SMILES string of the molecule is CC1(C)CCC(CN)C(c2cc3cccc(F)c3o2)C1. The largest absolute Gasteiger partial charge is 0.458 e. The number of furan rings is 1. The minimum Gasteiger partial charge on any atom is -0.458 e. The van der Waals surface area contributed by atoms with Gasteiger partial charge in [0.05, 0.1) is 0 Å². The first kappa shape index (κ1) is 13.6. The third kappa shape index (κ3) is 2.35. The summed E-state index contributed by atoms with van der Waals surface area (Å²) in [6.45, 7) is 5.24.